The molecular formula is C67H43NO. The van der Waals surface area contributed by atoms with Crippen molar-refractivity contribution in [1.29, 1.82) is 0 Å². The Bertz CT molecular complexity index is 6580. The fourth-order valence-electron chi connectivity index (χ4n) is 8.77. The van der Waals surface area contributed by atoms with E-state index >= 15 is 0 Å². The lowest BCUT2D eigenvalue weighted by Gasteiger charge is -2.35. The molecule has 0 aliphatic heterocycles. The third-order valence-corrected chi connectivity index (χ3v) is 11.6. The van der Waals surface area contributed by atoms with E-state index in [-0.39, 0.29) is 4.90 Å². The van der Waals surface area contributed by atoms with Crippen LogP contribution in [0.3, 0.4) is 0 Å². The van der Waals surface area contributed by atoms with Gasteiger partial charge in [0.2, 0.25) is 0 Å². The van der Waals surface area contributed by atoms with Crippen LogP contribution in [0, 0.1) is 0 Å². The zero-order valence-corrected chi connectivity index (χ0v) is 34.4. The Morgan fingerprint density at radius 3 is 1.70 bits per heavy atom. The highest BCUT2D eigenvalue weighted by Gasteiger charge is 2.46. The molecule has 322 valence electrons. The molecule has 0 N–H and O–H groups in total. The number of nitrogens with zero attached hydrogens (tertiary/aromatic N) is 1. The van der Waals surface area contributed by atoms with Crippen molar-refractivity contribution in [1.82, 2.24) is 0 Å². The fraction of sp³-hybridized carbons (Fsp3) is 0.0149. The van der Waals surface area contributed by atoms with Gasteiger partial charge in [-0.05, 0) is 125 Å². The lowest BCUT2D eigenvalue weighted by Crippen LogP contribution is -2.28. The predicted molar refractivity (Wildman–Crippen MR) is 289 cm³/mol. The number of furan rings is 1. The molecule has 1 aliphatic rings. The van der Waals surface area contributed by atoms with Gasteiger partial charge in [0, 0.05) is 27.5 Å². The lowest BCUT2D eigenvalue weighted by atomic mass is 9.67. The molecule has 0 spiro atoms. The summed E-state index contributed by atoms with van der Waals surface area (Å²) in [7, 11) is 0. The second-order valence-electron chi connectivity index (χ2n) is 15.0. The molecule has 14 rings (SSSR count). The van der Waals surface area contributed by atoms with Crippen molar-refractivity contribution in [3.05, 3.63) is 282 Å². The average Bonchev–Trinajstić information content (AvgIpc) is 1.47. The van der Waals surface area contributed by atoms with E-state index in [0.29, 0.717) is 0 Å². The van der Waals surface area contributed by atoms with Gasteiger partial charge in [-0.15, -0.1) is 0 Å². The maximum absolute atomic E-state index is 11.0. The Balaban J connectivity index is 1.28. The largest absolute Gasteiger partial charge is 0.456 e. The van der Waals surface area contributed by atoms with Crippen LogP contribution in [0.15, 0.2) is 264 Å². The zero-order valence-electron chi connectivity index (χ0n) is 77.4. The molecule has 0 unspecified atom stereocenters. The summed E-state index contributed by atoms with van der Waals surface area (Å²) in [4.78, 5) is 0.164. The summed E-state index contributed by atoms with van der Waals surface area (Å²) < 4.78 is 414. The highest BCUT2D eigenvalue weighted by molar-refractivity contribution is 6.18. The number of para-hydroxylation sites is 1. The van der Waals surface area contributed by atoms with Crippen molar-refractivity contribution in [2.24, 2.45) is 0 Å². The summed E-state index contributed by atoms with van der Waals surface area (Å²) in [5.74, 6) is 0. The topological polar surface area (TPSA) is 16.4 Å². The zero-order chi connectivity index (χ0) is 82.9. The second kappa shape index (κ2) is 15.6. The van der Waals surface area contributed by atoms with Gasteiger partial charge in [0.25, 0.3) is 0 Å². The first-order valence-electron chi connectivity index (χ1n) is 41.8. The molecule has 1 aliphatic carbocycles. The van der Waals surface area contributed by atoms with Crippen LogP contribution in [-0.2, 0) is 5.41 Å². The summed E-state index contributed by atoms with van der Waals surface area (Å²) >= 11 is 0. The van der Waals surface area contributed by atoms with Gasteiger partial charge in [0.05, 0.1) is 70.0 Å². The van der Waals surface area contributed by atoms with Crippen LogP contribution in [-0.4, -0.2) is 0 Å². The first kappa shape index (κ1) is 15.5. The maximum Gasteiger partial charge on any atom is 0.136 e. The van der Waals surface area contributed by atoms with Crippen LogP contribution in [0.25, 0.3) is 87.6 Å². The SMILES string of the molecule is [2H]c1c([2H])c([2H])c(C2(c3c([2H])c([2H])c([2H])c([2H])c3[2H])c3c([2H])c([2H])c([2H])c([2H])c3-c3c([2H])c([2H])c(N(c4c([2H])c([2H])c(-c5c([2H])c([2H])c6c([2H])c([2H])c([2H])c([2H])c6c5-c5c([2H])c([2H])c([2H])c6oc7c([2H])c([2H])c([2H])c([2H])c7c56)c([2H])c4[2H])c4c([2H])c5c([2H])c([2H])c([2H])c([2H])c5c5c([2H])c([2H])c([2H])c([2H])c45)c([2H])c32)c([2H])c1[2H]. The maximum atomic E-state index is 11.0. The molecule has 0 saturated carbocycles. The van der Waals surface area contributed by atoms with Crippen molar-refractivity contribution in [2.45, 2.75) is 5.41 Å². The van der Waals surface area contributed by atoms with Crippen LogP contribution < -0.4 is 4.90 Å². The van der Waals surface area contributed by atoms with Crippen molar-refractivity contribution in [3.8, 4) is 33.4 Å². The molecule has 0 fully saturated rings. The van der Waals surface area contributed by atoms with Gasteiger partial charge < -0.3 is 9.32 Å². The molecule has 69 heavy (non-hydrogen) atoms. The van der Waals surface area contributed by atoms with Crippen molar-refractivity contribution in [2.75, 3.05) is 4.90 Å². The Morgan fingerprint density at radius 2 is 0.913 bits per heavy atom. The summed E-state index contributed by atoms with van der Waals surface area (Å²) in [6, 6.07) is -54.0. The minimum absolute atomic E-state index is 0.164. The van der Waals surface area contributed by atoms with Gasteiger partial charge in [-0.2, -0.15) is 0 Å². The van der Waals surface area contributed by atoms with E-state index in [2.05, 4.69) is 0 Å². The van der Waals surface area contributed by atoms with Gasteiger partial charge >= 0.3 is 0 Å². The van der Waals surface area contributed by atoms with Gasteiger partial charge in [-0.3, -0.25) is 0 Å². The number of benzene rings is 12. The van der Waals surface area contributed by atoms with Crippen molar-refractivity contribution < 1.29 is 63.4 Å². The third kappa shape index (κ3) is 5.92. The Labute approximate surface area is 461 Å². The summed E-state index contributed by atoms with van der Waals surface area (Å²) in [6.45, 7) is 0. The molecule has 0 atom stereocenters. The summed E-state index contributed by atoms with van der Waals surface area (Å²) in [6.07, 6.45) is 0. The normalized spacial score (nSPS) is 21.5. The Kier molecular flexibility index (Phi) is 3.50. The molecule has 0 saturated heterocycles. The molecule has 12 aromatic carbocycles. The number of anilines is 3. The lowest BCUT2D eigenvalue weighted by molar-refractivity contribution is 0.669. The van der Waals surface area contributed by atoms with E-state index in [4.69, 9.17) is 26.3 Å². The minimum atomic E-state index is -3.67. The van der Waals surface area contributed by atoms with Gasteiger partial charge in [0.1, 0.15) is 11.2 Å². The molecule has 2 nitrogen and oxygen atoms in total. The van der Waals surface area contributed by atoms with Crippen LogP contribution in [0.5, 0.6) is 0 Å². The number of fused-ring (bicyclic) bond motifs is 10. The summed E-state index contributed by atoms with van der Waals surface area (Å²) in [5, 5.41) is -7.20. The van der Waals surface area contributed by atoms with Gasteiger partial charge in [-0.25, -0.2) is 0 Å². The Hall–Kier alpha value is -8.98. The van der Waals surface area contributed by atoms with E-state index in [1.807, 2.05) is 0 Å². The fourth-order valence-corrected chi connectivity index (χ4v) is 8.77. The van der Waals surface area contributed by atoms with E-state index in [1.165, 1.54) is 0 Å². The van der Waals surface area contributed by atoms with Crippen LogP contribution in [0.2, 0.25) is 0 Å². The molecule has 2 heteroatoms. The minimum Gasteiger partial charge on any atom is -0.456 e. The molecule has 0 bridgehead atoms. The highest BCUT2D eigenvalue weighted by Crippen LogP contribution is 2.57. The average molecular weight is 921 g/mol. The standard InChI is InChI=1S/C67H43NO/c1-3-20-47(21-4-1)67(48-22-5-2-6-23-48)60-31-15-13-27-55(60)56-41-39-50(43-61(56)67)68(62-42-46-19-8-9-24-51(46)54-26-11-12-28-57(54)62)49-37-34-45(35-38-49)53-40-36-44-18-7-10-25-52(44)65(53)59-30-17-33-64-66(59)58-29-14-16-32-63(58)69-64/h1-43H/i1D,2D,3D,4D,5D,6D,7D,8D,9D,10D,11D,12D,13D,14D,15D,16D,17D,18D,19D,20D,21D,22D,23D,24D,25D,26D,27D,28D,29D,30D,31D,32D,33D,34D,35D,36D,37D,38D,39D,40D,41D,42D,43D. The van der Waals surface area contributed by atoms with Crippen LogP contribution >= 0.6 is 0 Å². The quantitative estimate of drug-likeness (QED) is 0.148. The smallest absolute Gasteiger partial charge is 0.136 e. The van der Waals surface area contributed by atoms with Crippen molar-refractivity contribution >= 4 is 71.3 Å². The van der Waals surface area contributed by atoms with E-state index in [0.717, 1.165) is 0 Å². The third-order valence-electron chi connectivity index (χ3n) is 11.6. The van der Waals surface area contributed by atoms with E-state index in [1.54, 1.807) is 0 Å². The van der Waals surface area contributed by atoms with Crippen LogP contribution in [0.1, 0.15) is 81.2 Å². The molecule has 1 aromatic heterocycles. The first-order valence-corrected chi connectivity index (χ1v) is 20.3. The van der Waals surface area contributed by atoms with Crippen LogP contribution in [0.4, 0.5) is 17.1 Å². The van der Waals surface area contributed by atoms with E-state index < -0.39 is 392 Å². The monoisotopic (exact) mass is 921 g/mol. The highest BCUT2D eigenvalue weighted by atomic mass is 16.3. The van der Waals surface area contributed by atoms with Crippen molar-refractivity contribution in [3.63, 3.8) is 0 Å². The summed E-state index contributed by atoms with van der Waals surface area (Å²) in [5.41, 5.74) is -21.1. The number of hydrogen-bond donors (Lipinski definition) is 0. The first-order chi connectivity index (χ1) is 52.1. The Morgan fingerprint density at radius 1 is 0.348 bits per heavy atom. The molecule has 0 radical (unpaired) electrons. The second-order valence-corrected chi connectivity index (χ2v) is 15.0. The van der Waals surface area contributed by atoms with E-state index in [9.17, 15) is 37.0 Å². The molecule has 0 amide bonds. The molecule has 1 heterocycles. The number of rotatable bonds is 7. The molecular weight excluding hydrogens is 835 g/mol. The predicted octanol–water partition coefficient (Wildman–Crippen LogP) is 18.2. The number of hydrogen-bond acceptors (Lipinski definition) is 2. The van der Waals surface area contributed by atoms with Gasteiger partial charge in [0.15, 0.2) is 0 Å². The molecule has 13 aromatic rings. The van der Waals surface area contributed by atoms with Gasteiger partial charge in [-0.1, -0.05) is 218 Å².